The summed E-state index contributed by atoms with van der Waals surface area (Å²) in [6.45, 7) is 6.99. The minimum absolute atomic E-state index is 0.157. The van der Waals surface area contributed by atoms with E-state index in [1.807, 2.05) is 36.4 Å². The molecule has 1 amide bonds. The van der Waals surface area contributed by atoms with E-state index in [1.165, 1.54) is 24.8 Å². The monoisotopic (exact) mass is 540 g/mol. The van der Waals surface area contributed by atoms with Crippen LogP contribution in [0.4, 0.5) is 0 Å². The lowest BCUT2D eigenvalue weighted by Gasteiger charge is -2.58. The Morgan fingerprint density at radius 2 is 1.57 bits per heavy atom. The van der Waals surface area contributed by atoms with Crippen LogP contribution >= 0.6 is 0 Å². The molecule has 0 spiro atoms. The van der Waals surface area contributed by atoms with Gasteiger partial charge in [0.05, 0.1) is 6.10 Å². The molecule has 4 aliphatic carbocycles. The minimum Gasteiger partial charge on any atom is -0.393 e. The van der Waals surface area contributed by atoms with Crippen LogP contribution in [0.5, 0.6) is 0 Å². The van der Waals surface area contributed by atoms with Crippen molar-refractivity contribution in [2.45, 2.75) is 83.8 Å². The predicted molar refractivity (Wildman–Crippen MR) is 158 cm³/mol. The zero-order valence-electron chi connectivity index (χ0n) is 24.1. The summed E-state index contributed by atoms with van der Waals surface area (Å²) in [6.07, 6.45) is 11.0. The number of hydrogen-bond donors (Lipinski definition) is 3. The molecule has 0 saturated heterocycles. The Morgan fingerprint density at radius 3 is 2.23 bits per heavy atom. The minimum atomic E-state index is -1.83. The number of aliphatic hydroxyl groups is 2. The average Bonchev–Trinajstić information content (AvgIpc) is 3.34. The quantitative estimate of drug-likeness (QED) is 0.235. The SMILES string of the molecule is C/C(=N\NC(=O)C(O)(c1ccccc1)c1ccccc1)C1CCC2C3CC=C4CC(O)CCC4(C)C3CCC12C. The number of aliphatic hydroxyl groups excluding tert-OH is 1. The molecule has 5 nitrogen and oxygen atoms in total. The summed E-state index contributed by atoms with van der Waals surface area (Å²) in [6, 6.07) is 18.2. The third-order valence-corrected chi connectivity index (χ3v) is 11.6. The Kier molecular flexibility index (Phi) is 7.03. The third-order valence-electron chi connectivity index (χ3n) is 11.6. The van der Waals surface area contributed by atoms with Gasteiger partial charge in [0, 0.05) is 11.6 Å². The van der Waals surface area contributed by atoms with Crippen LogP contribution < -0.4 is 5.43 Å². The zero-order chi connectivity index (χ0) is 28.1. The lowest BCUT2D eigenvalue weighted by atomic mass is 9.47. The number of carbonyl (C=O) groups is 1. The van der Waals surface area contributed by atoms with Crippen molar-refractivity contribution in [3.63, 3.8) is 0 Å². The summed E-state index contributed by atoms with van der Waals surface area (Å²) in [4.78, 5) is 13.6. The van der Waals surface area contributed by atoms with Gasteiger partial charge in [-0.3, -0.25) is 4.79 Å². The van der Waals surface area contributed by atoms with Crippen molar-refractivity contribution in [1.29, 1.82) is 0 Å². The maximum absolute atomic E-state index is 13.6. The first kappa shape index (κ1) is 27.4. The molecule has 0 bridgehead atoms. The molecule has 0 aliphatic heterocycles. The average molecular weight is 541 g/mol. The molecule has 6 rings (SSSR count). The lowest BCUT2D eigenvalue weighted by molar-refractivity contribution is -0.136. The highest BCUT2D eigenvalue weighted by Gasteiger charge is 2.59. The standard InChI is InChI=1S/C35H44N2O3/c1-23(36-37-32(39)35(40,24-10-6-4-7-11-24)25-12-8-5-9-13-25)29-16-17-30-28-15-14-26-22-27(38)18-20-33(26,2)31(28)19-21-34(29,30)3/h4-14,27-31,38,40H,15-22H2,1-3H3,(H,37,39)/b36-23+. The van der Waals surface area contributed by atoms with Crippen LogP contribution in [0.15, 0.2) is 77.4 Å². The molecule has 0 aromatic heterocycles. The van der Waals surface area contributed by atoms with Gasteiger partial charge in [-0.1, -0.05) is 86.2 Å². The molecular weight excluding hydrogens is 496 g/mol. The first-order chi connectivity index (χ1) is 19.2. The molecule has 212 valence electrons. The fourth-order valence-electron chi connectivity index (χ4n) is 9.41. The summed E-state index contributed by atoms with van der Waals surface area (Å²) < 4.78 is 0. The van der Waals surface area contributed by atoms with Gasteiger partial charge in [0.1, 0.15) is 0 Å². The maximum Gasteiger partial charge on any atom is 0.281 e. The number of benzene rings is 2. The number of amides is 1. The van der Waals surface area contributed by atoms with Crippen LogP contribution in [0.1, 0.15) is 83.3 Å². The van der Waals surface area contributed by atoms with E-state index >= 15 is 0 Å². The summed E-state index contributed by atoms with van der Waals surface area (Å²) >= 11 is 0. The number of carbonyl (C=O) groups excluding carboxylic acids is 1. The first-order valence-electron chi connectivity index (χ1n) is 15.2. The molecule has 2 aromatic rings. The van der Waals surface area contributed by atoms with Crippen molar-refractivity contribution in [2.24, 2.45) is 39.6 Å². The van der Waals surface area contributed by atoms with Gasteiger partial charge in [-0.2, -0.15) is 5.10 Å². The number of hydrazone groups is 1. The van der Waals surface area contributed by atoms with Crippen molar-refractivity contribution < 1.29 is 15.0 Å². The second-order valence-electron chi connectivity index (χ2n) is 13.5. The summed E-state index contributed by atoms with van der Waals surface area (Å²) in [5.74, 6) is 1.79. The molecule has 3 fully saturated rings. The Hall–Kier alpha value is -2.76. The molecule has 0 heterocycles. The largest absolute Gasteiger partial charge is 0.393 e. The van der Waals surface area contributed by atoms with E-state index in [9.17, 15) is 15.0 Å². The molecule has 3 N–H and O–H groups in total. The van der Waals surface area contributed by atoms with Gasteiger partial charge in [0.15, 0.2) is 5.60 Å². The van der Waals surface area contributed by atoms with Gasteiger partial charge in [0.25, 0.3) is 5.91 Å². The Labute approximate surface area is 238 Å². The van der Waals surface area contributed by atoms with Crippen LogP contribution in [-0.2, 0) is 10.4 Å². The number of fused-ring (bicyclic) bond motifs is 5. The van der Waals surface area contributed by atoms with Crippen LogP contribution in [0.2, 0.25) is 0 Å². The highest BCUT2D eigenvalue weighted by Crippen LogP contribution is 2.66. The second kappa shape index (κ2) is 10.3. The molecule has 5 heteroatoms. The van der Waals surface area contributed by atoms with E-state index in [0.29, 0.717) is 34.8 Å². The highest BCUT2D eigenvalue weighted by molar-refractivity contribution is 5.92. The number of nitrogens with zero attached hydrogens (tertiary/aromatic N) is 1. The van der Waals surface area contributed by atoms with Crippen LogP contribution in [0.3, 0.4) is 0 Å². The highest BCUT2D eigenvalue weighted by atomic mass is 16.3. The number of hydrogen-bond acceptors (Lipinski definition) is 4. The fourth-order valence-corrected chi connectivity index (χ4v) is 9.41. The van der Waals surface area contributed by atoms with E-state index in [4.69, 9.17) is 0 Å². The van der Waals surface area contributed by atoms with Gasteiger partial charge in [-0.15, -0.1) is 0 Å². The van der Waals surface area contributed by atoms with Crippen molar-refractivity contribution >= 4 is 11.6 Å². The second-order valence-corrected chi connectivity index (χ2v) is 13.5. The number of allylic oxidation sites excluding steroid dienone is 1. The topological polar surface area (TPSA) is 81.9 Å². The molecule has 7 atom stereocenters. The summed E-state index contributed by atoms with van der Waals surface area (Å²) in [7, 11) is 0. The van der Waals surface area contributed by atoms with E-state index in [0.717, 1.165) is 37.8 Å². The third kappa shape index (κ3) is 4.28. The van der Waals surface area contributed by atoms with Gasteiger partial charge in [0.2, 0.25) is 0 Å². The Bertz CT molecular complexity index is 1260. The molecule has 40 heavy (non-hydrogen) atoms. The van der Waals surface area contributed by atoms with Crippen molar-refractivity contribution in [3.8, 4) is 0 Å². The lowest BCUT2D eigenvalue weighted by Crippen LogP contribution is -2.51. The van der Waals surface area contributed by atoms with Crippen LogP contribution in [0.25, 0.3) is 0 Å². The molecule has 2 aromatic carbocycles. The summed E-state index contributed by atoms with van der Waals surface area (Å²) in [5.41, 5.74) is 4.85. The fraction of sp³-hybridized carbons (Fsp3) is 0.543. The number of nitrogens with one attached hydrogen (secondary N) is 1. The van der Waals surface area contributed by atoms with Gasteiger partial charge in [-0.25, -0.2) is 5.43 Å². The molecule has 3 saturated carbocycles. The van der Waals surface area contributed by atoms with Gasteiger partial charge < -0.3 is 10.2 Å². The number of rotatable bonds is 5. The van der Waals surface area contributed by atoms with Crippen LogP contribution in [-0.4, -0.2) is 27.9 Å². The smallest absolute Gasteiger partial charge is 0.281 e. The van der Waals surface area contributed by atoms with E-state index < -0.39 is 11.5 Å². The first-order valence-corrected chi connectivity index (χ1v) is 15.2. The molecule has 4 aliphatic rings. The van der Waals surface area contributed by atoms with E-state index in [-0.39, 0.29) is 16.9 Å². The predicted octanol–water partition coefficient (Wildman–Crippen LogP) is 6.35. The van der Waals surface area contributed by atoms with E-state index in [1.54, 1.807) is 24.3 Å². The summed E-state index contributed by atoms with van der Waals surface area (Å²) in [5, 5.41) is 26.8. The van der Waals surface area contributed by atoms with Crippen molar-refractivity contribution in [1.82, 2.24) is 5.43 Å². The van der Waals surface area contributed by atoms with Gasteiger partial charge >= 0.3 is 0 Å². The molecule has 7 unspecified atom stereocenters. The Balaban J connectivity index is 1.22. The normalized spacial score (nSPS) is 35.7. The molecule has 0 radical (unpaired) electrons. The van der Waals surface area contributed by atoms with Crippen molar-refractivity contribution in [3.05, 3.63) is 83.4 Å². The van der Waals surface area contributed by atoms with Crippen molar-refractivity contribution in [2.75, 3.05) is 0 Å². The maximum atomic E-state index is 13.6. The van der Waals surface area contributed by atoms with Crippen LogP contribution in [0, 0.1) is 34.5 Å². The molecular formula is C35H44N2O3. The van der Waals surface area contributed by atoms with Gasteiger partial charge in [-0.05, 0) is 98.0 Å². The zero-order valence-corrected chi connectivity index (χ0v) is 24.1. The van der Waals surface area contributed by atoms with E-state index in [2.05, 4.69) is 37.4 Å². The Morgan fingerprint density at radius 1 is 0.925 bits per heavy atom.